The van der Waals surface area contributed by atoms with Crippen molar-refractivity contribution in [1.29, 1.82) is 0 Å². The molecule has 0 bridgehead atoms. The minimum atomic E-state index is -0.967. The standard InChI is InChI=1S/C31H35ClN4O3/c1-30(2,38)21-7-12-28-26(19-21)24(25-5-3-15-34-27(25)20-39-28)6-4-16-36-17-13-31(14-18-36,29(33)37)35-23-10-8-22(32)9-11-23/h3,5-12,15,19,35,38H,4,13-14,16-18,20H2,1-2H3,(H2,33,37)/b24-6-. The number of primary amides is 1. The van der Waals surface area contributed by atoms with Gasteiger partial charge in [0.1, 0.15) is 17.9 Å². The number of carbonyl (C=O) groups excluding carboxylic acids is 1. The summed E-state index contributed by atoms with van der Waals surface area (Å²) in [6, 6.07) is 17.2. The van der Waals surface area contributed by atoms with Crippen LogP contribution in [-0.2, 0) is 17.0 Å². The Morgan fingerprint density at radius 1 is 1.18 bits per heavy atom. The monoisotopic (exact) mass is 546 g/mol. The average Bonchev–Trinajstić information content (AvgIpc) is 3.07. The van der Waals surface area contributed by atoms with Crippen LogP contribution in [0.3, 0.4) is 0 Å². The molecular formula is C31H35ClN4O3. The summed E-state index contributed by atoms with van der Waals surface area (Å²) in [6.07, 6.45) is 6.09. The number of fused-ring (bicyclic) bond motifs is 2. The Bertz CT molecular complexity index is 1370. The first-order valence-corrected chi connectivity index (χ1v) is 13.7. The zero-order valence-electron chi connectivity index (χ0n) is 22.4. The van der Waals surface area contributed by atoms with Gasteiger partial charge in [0, 0.05) is 47.7 Å². The number of nitrogens with zero attached hydrogens (tertiary/aromatic N) is 2. The number of nitrogens with two attached hydrogens (primary N) is 1. The van der Waals surface area contributed by atoms with Gasteiger partial charge in [-0.15, -0.1) is 0 Å². The van der Waals surface area contributed by atoms with E-state index in [-0.39, 0.29) is 5.91 Å². The molecule has 0 spiro atoms. The molecule has 0 radical (unpaired) electrons. The highest BCUT2D eigenvalue weighted by Crippen LogP contribution is 2.38. The van der Waals surface area contributed by atoms with Crippen LogP contribution in [0.2, 0.25) is 5.02 Å². The Morgan fingerprint density at radius 3 is 2.62 bits per heavy atom. The lowest BCUT2D eigenvalue weighted by molar-refractivity contribution is -0.123. The Kier molecular flexibility index (Phi) is 7.67. The topological polar surface area (TPSA) is 101 Å². The molecule has 1 aromatic heterocycles. The molecule has 4 N–H and O–H groups in total. The second kappa shape index (κ2) is 11.0. The molecule has 0 atom stereocenters. The number of ether oxygens (including phenoxy) is 1. The molecule has 1 saturated heterocycles. The number of benzene rings is 2. The van der Waals surface area contributed by atoms with Crippen LogP contribution in [0.25, 0.3) is 5.57 Å². The highest BCUT2D eigenvalue weighted by molar-refractivity contribution is 6.30. The van der Waals surface area contributed by atoms with Crippen molar-refractivity contribution < 1.29 is 14.6 Å². The van der Waals surface area contributed by atoms with Crippen LogP contribution in [0.5, 0.6) is 5.75 Å². The van der Waals surface area contributed by atoms with Gasteiger partial charge in [-0.2, -0.15) is 0 Å². The number of aliphatic hydroxyl groups is 1. The van der Waals surface area contributed by atoms with E-state index in [1.165, 1.54) is 0 Å². The molecule has 2 aliphatic heterocycles. The molecule has 3 aromatic rings. The van der Waals surface area contributed by atoms with Crippen molar-refractivity contribution in [3.63, 3.8) is 0 Å². The smallest absolute Gasteiger partial charge is 0.243 e. The number of carbonyl (C=O) groups is 1. The summed E-state index contributed by atoms with van der Waals surface area (Å²) in [5, 5.41) is 14.7. The summed E-state index contributed by atoms with van der Waals surface area (Å²) in [4.78, 5) is 19.4. The van der Waals surface area contributed by atoms with Crippen molar-refractivity contribution in [2.75, 3.05) is 25.0 Å². The Morgan fingerprint density at radius 2 is 1.92 bits per heavy atom. The first-order valence-electron chi connectivity index (χ1n) is 13.4. The summed E-state index contributed by atoms with van der Waals surface area (Å²) >= 11 is 6.02. The predicted molar refractivity (Wildman–Crippen MR) is 155 cm³/mol. The predicted octanol–water partition coefficient (Wildman–Crippen LogP) is 5.11. The van der Waals surface area contributed by atoms with Gasteiger partial charge in [-0.1, -0.05) is 29.8 Å². The van der Waals surface area contributed by atoms with Gasteiger partial charge in [0.05, 0.1) is 11.3 Å². The molecule has 0 saturated carbocycles. The minimum Gasteiger partial charge on any atom is -0.487 e. The fraction of sp³-hybridized carbons (Fsp3) is 0.355. The summed E-state index contributed by atoms with van der Waals surface area (Å²) in [5.41, 5.74) is 9.75. The number of piperidine rings is 1. The second-order valence-electron chi connectivity index (χ2n) is 10.9. The van der Waals surface area contributed by atoms with Gasteiger partial charge in [0.25, 0.3) is 0 Å². The minimum absolute atomic E-state index is 0.332. The van der Waals surface area contributed by atoms with Gasteiger partial charge >= 0.3 is 0 Å². The highest BCUT2D eigenvalue weighted by Gasteiger charge is 2.39. The normalized spacial score (nSPS) is 18.0. The molecule has 1 amide bonds. The van der Waals surface area contributed by atoms with E-state index in [2.05, 4.69) is 27.3 Å². The molecule has 39 heavy (non-hydrogen) atoms. The van der Waals surface area contributed by atoms with Gasteiger partial charge in [-0.3, -0.25) is 9.78 Å². The molecule has 5 rings (SSSR count). The number of anilines is 1. The number of amides is 1. The Balaban J connectivity index is 1.33. The third-order valence-electron chi connectivity index (χ3n) is 7.72. The van der Waals surface area contributed by atoms with Crippen molar-refractivity contribution in [3.05, 3.63) is 94.3 Å². The fourth-order valence-electron chi connectivity index (χ4n) is 5.35. The Hall–Kier alpha value is -3.39. The molecule has 3 heterocycles. The van der Waals surface area contributed by atoms with E-state index < -0.39 is 11.1 Å². The number of pyridine rings is 1. The summed E-state index contributed by atoms with van der Waals surface area (Å²) in [5.74, 6) is 0.450. The van der Waals surface area contributed by atoms with Crippen LogP contribution >= 0.6 is 11.6 Å². The van der Waals surface area contributed by atoms with E-state index in [9.17, 15) is 9.90 Å². The molecule has 0 unspecified atom stereocenters. The van der Waals surface area contributed by atoms with Crippen molar-refractivity contribution in [2.45, 2.75) is 50.9 Å². The van der Waals surface area contributed by atoms with E-state index in [1.807, 2.05) is 36.4 Å². The largest absolute Gasteiger partial charge is 0.487 e. The SMILES string of the molecule is CC(C)(O)c1ccc2c(c1)/C(=C\CCN1CCC(Nc3ccc(Cl)cc3)(C(N)=O)CC1)c1cccnc1CO2. The molecule has 1 fully saturated rings. The van der Waals surface area contributed by atoms with E-state index in [1.54, 1.807) is 32.2 Å². The van der Waals surface area contributed by atoms with Crippen LogP contribution in [0.4, 0.5) is 5.69 Å². The maximum atomic E-state index is 12.5. The molecule has 2 aromatic carbocycles. The quantitative estimate of drug-likeness (QED) is 0.381. The summed E-state index contributed by atoms with van der Waals surface area (Å²) < 4.78 is 6.12. The number of aromatic nitrogens is 1. The summed E-state index contributed by atoms with van der Waals surface area (Å²) in [7, 11) is 0. The van der Waals surface area contributed by atoms with Crippen LogP contribution in [-0.4, -0.2) is 46.1 Å². The van der Waals surface area contributed by atoms with Crippen LogP contribution in [0.15, 0.2) is 66.9 Å². The lowest BCUT2D eigenvalue weighted by Gasteiger charge is -2.40. The van der Waals surface area contributed by atoms with Gasteiger partial charge in [-0.05, 0) is 86.7 Å². The average molecular weight is 547 g/mol. The van der Waals surface area contributed by atoms with Crippen LogP contribution in [0, 0.1) is 0 Å². The van der Waals surface area contributed by atoms with Crippen molar-refractivity contribution in [1.82, 2.24) is 9.88 Å². The molecular weight excluding hydrogens is 512 g/mol. The maximum absolute atomic E-state index is 12.5. The number of hydrogen-bond donors (Lipinski definition) is 3. The first-order chi connectivity index (χ1) is 18.6. The number of rotatable bonds is 7. The zero-order chi connectivity index (χ0) is 27.6. The third kappa shape index (κ3) is 5.96. The van der Waals surface area contributed by atoms with Crippen LogP contribution < -0.4 is 15.8 Å². The third-order valence-corrected chi connectivity index (χ3v) is 7.98. The molecule has 8 heteroatoms. The molecule has 0 aliphatic carbocycles. The number of nitrogens with one attached hydrogen (secondary N) is 1. The second-order valence-corrected chi connectivity index (χ2v) is 11.3. The van der Waals surface area contributed by atoms with Crippen molar-refractivity contribution in [3.8, 4) is 5.75 Å². The molecule has 7 nitrogen and oxygen atoms in total. The van der Waals surface area contributed by atoms with E-state index in [4.69, 9.17) is 22.1 Å². The Labute approximate surface area is 234 Å². The van der Waals surface area contributed by atoms with E-state index in [0.29, 0.717) is 24.5 Å². The molecule has 204 valence electrons. The van der Waals surface area contributed by atoms with Gasteiger partial charge in [-0.25, -0.2) is 0 Å². The first kappa shape index (κ1) is 27.2. The maximum Gasteiger partial charge on any atom is 0.243 e. The van der Waals surface area contributed by atoms with E-state index in [0.717, 1.165) is 65.4 Å². The molecule has 2 aliphatic rings. The fourth-order valence-corrected chi connectivity index (χ4v) is 5.47. The lowest BCUT2D eigenvalue weighted by Crippen LogP contribution is -2.57. The summed E-state index contributed by atoms with van der Waals surface area (Å²) in [6.45, 7) is 6.33. The van der Waals surface area contributed by atoms with E-state index >= 15 is 0 Å². The van der Waals surface area contributed by atoms with Crippen molar-refractivity contribution >= 4 is 28.8 Å². The number of likely N-dealkylation sites (tertiary alicyclic amines) is 1. The highest BCUT2D eigenvalue weighted by atomic mass is 35.5. The van der Waals surface area contributed by atoms with Gasteiger partial charge in [0.15, 0.2) is 0 Å². The number of hydrogen-bond acceptors (Lipinski definition) is 6. The van der Waals surface area contributed by atoms with Crippen molar-refractivity contribution in [2.24, 2.45) is 5.73 Å². The lowest BCUT2D eigenvalue weighted by atomic mass is 9.86. The van der Waals surface area contributed by atoms with Gasteiger partial charge < -0.3 is 25.8 Å². The number of halogens is 1. The van der Waals surface area contributed by atoms with Crippen LogP contribution in [0.1, 0.15) is 55.5 Å². The zero-order valence-corrected chi connectivity index (χ0v) is 23.2. The van der Waals surface area contributed by atoms with Gasteiger partial charge in [0.2, 0.25) is 5.91 Å².